The standard InChI is InChI=1S/C41H29N3O2/c1-24-19-25(2)39(26(3)20-24)27-9-8-10-30(21-27)44-35-17-15-28(40-42-33-11-4-6-13-37(33)45-40)22-31(35)32-23-29(16-18-36(32)44)41-43-34-12-5-7-14-38(34)46-41/h4-23H,1-3H3. The molecule has 46 heavy (non-hydrogen) atoms. The number of benzene rings is 6. The Bertz CT molecular complexity index is 2410. The van der Waals surface area contributed by atoms with Crippen LogP contribution in [0.4, 0.5) is 0 Å². The summed E-state index contributed by atoms with van der Waals surface area (Å²) in [5, 5.41) is 2.20. The highest BCUT2D eigenvalue weighted by atomic mass is 16.4. The molecule has 0 saturated carbocycles. The number of hydrogen-bond donors (Lipinski definition) is 0. The third-order valence-corrected chi connectivity index (χ3v) is 8.92. The first-order valence-electron chi connectivity index (χ1n) is 15.5. The number of aryl methyl sites for hydroxylation is 3. The van der Waals surface area contributed by atoms with Crippen LogP contribution < -0.4 is 0 Å². The monoisotopic (exact) mass is 595 g/mol. The van der Waals surface area contributed by atoms with Gasteiger partial charge in [0, 0.05) is 27.6 Å². The number of aromatic nitrogens is 3. The maximum Gasteiger partial charge on any atom is 0.227 e. The van der Waals surface area contributed by atoms with Gasteiger partial charge in [0.15, 0.2) is 11.2 Å². The molecule has 0 fully saturated rings. The molecular formula is C41H29N3O2. The number of para-hydroxylation sites is 4. The van der Waals surface area contributed by atoms with E-state index in [1.165, 1.54) is 27.8 Å². The second-order valence-electron chi connectivity index (χ2n) is 12.1. The minimum Gasteiger partial charge on any atom is -0.436 e. The lowest BCUT2D eigenvalue weighted by atomic mass is 9.93. The van der Waals surface area contributed by atoms with Gasteiger partial charge in [-0.25, -0.2) is 9.97 Å². The Morgan fingerprint density at radius 3 is 1.59 bits per heavy atom. The SMILES string of the molecule is Cc1cc(C)c(-c2cccc(-n3c4ccc(-c5nc6ccccc6o5)cc4c4cc(-c5nc6ccccc6o5)ccc43)c2)c(C)c1. The molecule has 5 heteroatoms. The van der Waals surface area contributed by atoms with E-state index >= 15 is 0 Å². The number of nitrogens with zero attached hydrogens (tertiary/aromatic N) is 3. The summed E-state index contributed by atoms with van der Waals surface area (Å²) in [5.74, 6) is 1.21. The predicted molar refractivity (Wildman–Crippen MR) is 186 cm³/mol. The molecule has 0 aliphatic heterocycles. The van der Waals surface area contributed by atoms with Crippen LogP contribution in [0.2, 0.25) is 0 Å². The van der Waals surface area contributed by atoms with Crippen LogP contribution in [0.25, 0.3) is 83.7 Å². The Balaban J connectivity index is 1.28. The first kappa shape index (κ1) is 26.5. The third kappa shape index (κ3) is 4.16. The average Bonchev–Trinajstić information content (AvgIpc) is 3.77. The summed E-state index contributed by atoms with van der Waals surface area (Å²) in [7, 11) is 0. The van der Waals surface area contributed by atoms with Crippen LogP contribution in [-0.4, -0.2) is 14.5 Å². The topological polar surface area (TPSA) is 57.0 Å². The molecule has 0 spiro atoms. The molecule has 0 unspecified atom stereocenters. The second kappa shape index (κ2) is 10.0. The molecule has 5 nitrogen and oxygen atoms in total. The maximum absolute atomic E-state index is 6.19. The summed E-state index contributed by atoms with van der Waals surface area (Å²) in [6.07, 6.45) is 0. The van der Waals surface area contributed by atoms with Gasteiger partial charge in [-0.05, 0) is 116 Å². The van der Waals surface area contributed by atoms with Crippen LogP contribution in [0.15, 0.2) is 130 Å². The molecule has 0 aliphatic carbocycles. The van der Waals surface area contributed by atoms with E-state index in [1.54, 1.807) is 0 Å². The van der Waals surface area contributed by atoms with Gasteiger partial charge in [0.1, 0.15) is 11.0 Å². The van der Waals surface area contributed by atoms with Crippen molar-refractivity contribution in [3.8, 4) is 39.7 Å². The summed E-state index contributed by atoms with van der Waals surface area (Å²) in [6.45, 7) is 6.55. The van der Waals surface area contributed by atoms with E-state index in [4.69, 9.17) is 18.8 Å². The highest BCUT2D eigenvalue weighted by molar-refractivity contribution is 6.11. The van der Waals surface area contributed by atoms with Crippen LogP contribution in [0.3, 0.4) is 0 Å². The molecular weight excluding hydrogens is 566 g/mol. The van der Waals surface area contributed by atoms with Crippen molar-refractivity contribution >= 4 is 44.0 Å². The molecule has 0 aliphatic rings. The van der Waals surface area contributed by atoms with Gasteiger partial charge in [-0.3, -0.25) is 0 Å². The van der Waals surface area contributed by atoms with Gasteiger partial charge in [0.2, 0.25) is 11.8 Å². The molecule has 0 saturated heterocycles. The fourth-order valence-electron chi connectivity index (χ4n) is 6.99. The second-order valence-corrected chi connectivity index (χ2v) is 12.1. The Kier molecular flexibility index (Phi) is 5.78. The largest absolute Gasteiger partial charge is 0.436 e. The highest BCUT2D eigenvalue weighted by Gasteiger charge is 2.18. The molecule has 0 bridgehead atoms. The molecule has 0 atom stereocenters. The van der Waals surface area contributed by atoms with E-state index in [-0.39, 0.29) is 0 Å². The molecule has 3 heterocycles. The van der Waals surface area contributed by atoms with Crippen LogP contribution in [0, 0.1) is 20.8 Å². The molecule has 9 rings (SSSR count). The summed E-state index contributed by atoms with van der Waals surface area (Å²) in [6, 6.07) is 42.0. The quantitative estimate of drug-likeness (QED) is 0.203. The van der Waals surface area contributed by atoms with Crippen molar-refractivity contribution in [2.24, 2.45) is 0 Å². The fourth-order valence-corrected chi connectivity index (χ4v) is 6.99. The van der Waals surface area contributed by atoms with E-state index in [0.717, 1.165) is 60.8 Å². The Labute approximate surface area is 265 Å². The predicted octanol–water partition coefficient (Wildman–Crippen LogP) is 11.0. The fraction of sp³-hybridized carbons (Fsp3) is 0.0732. The van der Waals surface area contributed by atoms with E-state index in [2.05, 4.69) is 98.1 Å². The Morgan fingerprint density at radius 1 is 0.500 bits per heavy atom. The normalized spacial score (nSPS) is 11.8. The first-order chi connectivity index (χ1) is 22.5. The maximum atomic E-state index is 6.19. The molecule has 3 aromatic heterocycles. The van der Waals surface area contributed by atoms with Crippen molar-refractivity contribution in [3.05, 3.63) is 138 Å². The van der Waals surface area contributed by atoms with Crippen LogP contribution >= 0.6 is 0 Å². The number of hydrogen-bond acceptors (Lipinski definition) is 4. The van der Waals surface area contributed by atoms with E-state index < -0.39 is 0 Å². The lowest BCUT2D eigenvalue weighted by Gasteiger charge is -2.14. The summed E-state index contributed by atoms with van der Waals surface area (Å²) in [5.41, 5.74) is 14.7. The smallest absolute Gasteiger partial charge is 0.227 e. The molecule has 0 radical (unpaired) electrons. The zero-order valence-electron chi connectivity index (χ0n) is 25.7. The van der Waals surface area contributed by atoms with Crippen molar-refractivity contribution in [1.82, 2.24) is 14.5 Å². The molecule has 0 N–H and O–H groups in total. The van der Waals surface area contributed by atoms with Gasteiger partial charge in [-0.2, -0.15) is 0 Å². The number of fused-ring (bicyclic) bond motifs is 5. The average molecular weight is 596 g/mol. The third-order valence-electron chi connectivity index (χ3n) is 8.92. The zero-order valence-corrected chi connectivity index (χ0v) is 25.7. The Hall–Kier alpha value is -5.94. The van der Waals surface area contributed by atoms with Gasteiger partial charge in [-0.1, -0.05) is 54.1 Å². The lowest BCUT2D eigenvalue weighted by molar-refractivity contribution is 0.619. The summed E-state index contributed by atoms with van der Waals surface area (Å²) >= 11 is 0. The van der Waals surface area contributed by atoms with Crippen molar-refractivity contribution in [2.75, 3.05) is 0 Å². The van der Waals surface area contributed by atoms with Crippen molar-refractivity contribution < 1.29 is 8.83 Å². The van der Waals surface area contributed by atoms with Gasteiger partial charge in [-0.15, -0.1) is 0 Å². The van der Waals surface area contributed by atoms with E-state index in [9.17, 15) is 0 Å². The highest BCUT2D eigenvalue weighted by Crippen LogP contribution is 2.39. The van der Waals surface area contributed by atoms with E-state index in [0.29, 0.717) is 11.8 Å². The first-order valence-corrected chi connectivity index (χ1v) is 15.5. The lowest BCUT2D eigenvalue weighted by Crippen LogP contribution is -1.96. The number of rotatable bonds is 4. The van der Waals surface area contributed by atoms with Crippen molar-refractivity contribution in [3.63, 3.8) is 0 Å². The minimum absolute atomic E-state index is 0.603. The molecule has 9 aromatic rings. The zero-order chi connectivity index (χ0) is 30.9. The van der Waals surface area contributed by atoms with E-state index in [1.807, 2.05) is 48.5 Å². The molecule has 0 amide bonds. The van der Waals surface area contributed by atoms with Gasteiger partial charge in [0.05, 0.1) is 11.0 Å². The van der Waals surface area contributed by atoms with Crippen molar-refractivity contribution in [2.45, 2.75) is 20.8 Å². The van der Waals surface area contributed by atoms with Gasteiger partial charge < -0.3 is 13.4 Å². The van der Waals surface area contributed by atoms with Crippen molar-refractivity contribution in [1.29, 1.82) is 0 Å². The van der Waals surface area contributed by atoms with Gasteiger partial charge >= 0.3 is 0 Å². The van der Waals surface area contributed by atoms with Crippen LogP contribution in [0.5, 0.6) is 0 Å². The number of oxazole rings is 2. The summed E-state index contributed by atoms with van der Waals surface area (Å²) < 4.78 is 14.7. The summed E-state index contributed by atoms with van der Waals surface area (Å²) in [4.78, 5) is 9.59. The minimum atomic E-state index is 0.603. The van der Waals surface area contributed by atoms with Crippen LogP contribution in [-0.2, 0) is 0 Å². The molecule has 220 valence electrons. The van der Waals surface area contributed by atoms with Gasteiger partial charge in [0.25, 0.3) is 0 Å². The Morgan fingerprint density at radius 2 is 1.04 bits per heavy atom. The molecule has 6 aromatic carbocycles. The van der Waals surface area contributed by atoms with Crippen LogP contribution in [0.1, 0.15) is 16.7 Å².